The summed E-state index contributed by atoms with van der Waals surface area (Å²) in [7, 11) is 0. The highest BCUT2D eigenvalue weighted by molar-refractivity contribution is 6.08. The molecule has 0 spiro atoms. The monoisotopic (exact) mass is 277 g/mol. The number of para-hydroxylation sites is 2. The number of aromatic nitrogens is 1. The van der Waals surface area contributed by atoms with E-state index in [2.05, 4.69) is 0 Å². The first kappa shape index (κ1) is 11.8. The van der Waals surface area contributed by atoms with Crippen LogP contribution in [-0.4, -0.2) is 15.6 Å². The van der Waals surface area contributed by atoms with E-state index in [4.69, 9.17) is 9.52 Å². The zero-order valence-corrected chi connectivity index (χ0v) is 11.0. The number of carboxylic acid groups (broad SMARTS) is 1. The van der Waals surface area contributed by atoms with E-state index in [0.29, 0.717) is 5.58 Å². The molecule has 4 aromatic rings. The van der Waals surface area contributed by atoms with Crippen LogP contribution in [0.2, 0.25) is 0 Å². The summed E-state index contributed by atoms with van der Waals surface area (Å²) in [6.45, 7) is 0. The molecule has 0 amide bonds. The molecule has 0 atom stereocenters. The maximum Gasteiger partial charge on any atom is 0.371 e. The standard InChI is InChI=1S/C17H11NO3/c19-17(20)15-10-14-16(21-15)12-8-4-5-9-13(12)18(14)11-6-2-1-3-7-11/h1-10H,(H,19,20). The Kier molecular flexibility index (Phi) is 2.38. The van der Waals surface area contributed by atoms with E-state index in [9.17, 15) is 4.79 Å². The number of benzene rings is 2. The van der Waals surface area contributed by atoms with Crippen molar-refractivity contribution in [2.24, 2.45) is 0 Å². The number of carbonyl (C=O) groups is 1. The lowest BCUT2D eigenvalue weighted by molar-refractivity contribution is 0.0665. The highest BCUT2D eigenvalue weighted by Gasteiger charge is 2.19. The quantitative estimate of drug-likeness (QED) is 0.600. The Morgan fingerprint density at radius 3 is 2.43 bits per heavy atom. The first-order valence-electron chi connectivity index (χ1n) is 6.57. The zero-order valence-electron chi connectivity index (χ0n) is 11.0. The minimum absolute atomic E-state index is 0.0459. The molecule has 4 rings (SSSR count). The van der Waals surface area contributed by atoms with Crippen LogP contribution < -0.4 is 0 Å². The molecular weight excluding hydrogens is 266 g/mol. The molecule has 1 N–H and O–H groups in total. The van der Waals surface area contributed by atoms with Crippen LogP contribution in [0.3, 0.4) is 0 Å². The van der Waals surface area contributed by atoms with Gasteiger partial charge in [0.05, 0.1) is 11.0 Å². The van der Waals surface area contributed by atoms with Crippen LogP contribution in [0.4, 0.5) is 0 Å². The van der Waals surface area contributed by atoms with Gasteiger partial charge in [-0.3, -0.25) is 0 Å². The van der Waals surface area contributed by atoms with Gasteiger partial charge >= 0.3 is 5.97 Å². The molecule has 2 aromatic carbocycles. The van der Waals surface area contributed by atoms with Crippen molar-refractivity contribution in [1.29, 1.82) is 0 Å². The van der Waals surface area contributed by atoms with Gasteiger partial charge in [0.25, 0.3) is 0 Å². The molecule has 2 aromatic heterocycles. The van der Waals surface area contributed by atoms with E-state index in [1.165, 1.54) is 0 Å². The van der Waals surface area contributed by atoms with Crippen LogP contribution in [0.15, 0.2) is 65.1 Å². The van der Waals surface area contributed by atoms with Gasteiger partial charge in [0.2, 0.25) is 5.76 Å². The van der Waals surface area contributed by atoms with Crippen molar-refractivity contribution >= 4 is 28.0 Å². The predicted octanol–water partition coefficient (Wildman–Crippen LogP) is 4.07. The van der Waals surface area contributed by atoms with E-state index in [1.807, 2.05) is 59.2 Å². The van der Waals surface area contributed by atoms with Crippen molar-refractivity contribution in [1.82, 2.24) is 4.57 Å². The lowest BCUT2D eigenvalue weighted by atomic mass is 10.2. The Hall–Kier alpha value is -3.01. The van der Waals surface area contributed by atoms with Crippen molar-refractivity contribution < 1.29 is 14.3 Å². The molecule has 0 radical (unpaired) electrons. The minimum atomic E-state index is -1.06. The topological polar surface area (TPSA) is 55.4 Å². The lowest BCUT2D eigenvalue weighted by Gasteiger charge is -2.05. The van der Waals surface area contributed by atoms with Crippen LogP contribution in [0, 0.1) is 0 Å². The third-order valence-corrected chi connectivity index (χ3v) is 3.57. The fourth-order valence-corrected chi connectivity index (χ4v) is 2.69. The number of hydrogen-bond acceptors (Lipinski definition) is 2. The smallest absolute Gasteiger partial charge is 0.371 e. The number of nitrogens with zero attached hydrogens (tertiary/aromatic N) is 1. The van der Waals surface area contributed by atoms with Crippen molar-refractivity contribution in [2.75, 3.05) is 0 Å². The van der Waals surface area contributed by atoms with Gasteiger partial charge in [-0.05, 0) is 24.3 Å². The van der Waals surface area contributed by atoms with Crippen LogP contribution >= 0.6 is 0 Å². The molecule has 0 saturated carbocycles. The van der Waals surface area contributed by atoms with Gasteiger partial charge in [-0.1, -0.05) is 30.3 Å². The van der Waals surface area contributed by atoms with E-state index in [0.717, 1.165) is 22.1 Å². The van der Waals surface area contributed by atoms with E-state index in [1.54, 1.807) is 6.07 Å². The summed E-state index contributed by atoms with van der Waals surface area (Å²) in [5, 5.41) is 10.0. The van der Waals surface area contributed by atoms with Gasteiger partial charge in [-0.25, -0.2) is 4.79 Å². The molecule has 0 aliphatic rings. The van der Waals surface area contributed by atoms with E-state index >= 15 is 0 Å². The van der Waals surface area contributed by atoms with Crippen molar-refractivity contribution in [3.05, 3.63) is 66.4 Å². The second-order valence-corrected chi connectivity index (χ2v) is 4.82. The highest BCUT2D eigenvalue weighted by atomic mass is 16.4. The summed E-state index contributed by atoms with van der Waals surface area (Å²) in [6, 6.07) is 19.2. The average molecular weight is 277 g/mol. The van der Waals surface area contributed by atoms with Gasteiger partial charge in [0, 0.05) is 17.1 Å². The Bertz CT molecular complexity index is 964. The van der Waals surface area contributed by atoms with Crippen LogP contribution in [0.5, 0.6) is 0 Å². The fourth-order valence-electron chi connectivity index (χ4n) is 2.69. The number of rotatable bonds is 2. The molecule has 0 bridgehead atoms. The van der Waals surface area contributed by atoms with E-state index < -0.39 is 5.97 Å². The summed E-state index contributed by atoms with van der Waals surface area (Å²) < 4.78 is 7.54. The highest BCUT2D eigenvalue weighted by Crippen LogP contribution is 2.33. The van der Waals surface area contributed by atoms with Crippen LogP contribution in [0.1, 0.15) is 10.6 Å². The number of furan rings is 1. The first-order valence-corrected chi connectivity index (χ1v) is 6.57. The fraction of sp³-hybridized carbons (Fsp3) is 0. The maximum atomic E-state index is 11.1. The Morgan fingerprint density at radius 1 is 0.952 bits per heavy atom. The molecular formula is C17H11NO3. The van der Waals surface area contributed by atoms with Gasteiger partial charge in [-0.2, -0.15) is 0 Å². The number of aromatic carboxylic acids is 1. The normalized spacial score (nSPS) is 11.2. The Morgan fingerprint density at radius 2 is 1.67 bits per heavy atom. The van der Waals surface area contributed by atoms with Crippen molar-refractivity contribution in [3.8, 4) is 5.69 Å². The van der Waals surface area contributed by atoms with Gasteiger partial charge in [0.15, 0.2) is 5.58 Å². The molecule has 0 unspecified atom stereocenters. The van der Waals surface area contributed by atoms with Crippen molar-refractivity contribution in [3.63, 3.8) is 0 Å². The maximum absolute atomic E-state index is 11.1. The van der Waals surface area contributed by atoms with Crippen molar-refractivity contribution in [2.45, 2.75) is 0 Å². The summed E-state index contributed by atoms with van der Waals surface area (Å²) in [5.74, 6) is -1.11. The van der Waals surface area contributed by atoms with Crippen LogP contribution in [-0.2, 0) is 0 Å². The SMILES string of the molecule is O=C(O)c1cc2c(o1)c1ccccc1n2-c1ccccc1. The van der Waals surface area contributed by atoms with Gasteiger partial charge < -0.3 is 14.1 Å². The third kappa shape index (κ3) is 1.66. The molecule has 4 nitrogen and oxygen atoms in total. The molecule has 0 aliphatic heterocycles. The van der Waals surface area contributed by atoms with Gasteiger partial charge in [0.1, 0.15) is 0 Å². The third-order valence-electron chi connectivity index (χ3n) is 3.57. The molecule has 0 aliphatic carbocycles. The Balaban J connectivity index is 2.17. The molecule has 21 heavy (non-hydrogen) atoms. The van der Waals surface area contributed by atoms with Gasteiger partial charge in [-0.15, -0.1) is 0 Å². The average Bonchev–Trinajstić information content (AvgIpc) is 3.05. The lowest BCUT2D eigenvalue weighted by Crippen LogP contribution is -1.94. The second-order valence-electron chi connectivity index (χ2n) is 4.82. The second kappa shape index (κ2) is 4.24. The molecule has 0 saturated heterocycles. The summed E-state index contributed by atoms with van der Waals surface area (Å²) in [6.07, 6.45) is 0. The number of carboxylic acids is 1. The number of fused-ring (bicyclic) bond motifs is 3. The summed E-state index contributed by atoms with van der Waals surface area (Å²) in [4.78, 5) is 11.1. The molecule has 102 valence electrons. The summed E-state index contributed by atoms with van der Waals surface area (Å²) in [5.41, 5.74) is 3.34. The largest absolute Gasteiger partial charge is 0.475 e. The van der Waals surface area contributed by atoms with Crippen LogP contribution in [0.25, 0.3) is 27.7 Å². The van der Waals surface area contributed by atoms with E-state index in [-0.39, 0.29) is 5.76 Å². The molecule has 4 heteroatoms. The molecule has 0 fully saturated rings. The summed E-state index contributed by atoms with van der Waals surface area (Å²) >= 11 is 0. The zero-order chi connectivity index (χ0) is 14.4. The first-order chi connectivity index (χ1) is 10.3. The number of hydrogen-bond donors (Lipinski definition) is 1. The minimum Gasteiger partial charge on any atom is -0.475 e. The Labute approximate surface area is 119 Å². The predicted molar refractivity (Wildman–Crippen MR) is 80.0 cm³/mol. The molecule has 2 heterocycles.